The maximum Gasteiger partial charge on any atom is 0.0574 e. The lowest BCUT2D eigenvalue weighted by molar-refractivity contribution is 0.643. The zero-order chi connectivity index (χ0) is 15.4. The first-order valence-electron chi connectivity index (χ1n) is 7.22. The van der Waals surface area contributed by atoms with Crippen molar-refractivity contribution < 1.29 is 0 Å². The Bertz CT molecular complexity index is 610. The summed E-state index contributed by atoms with van der Waals surface area (Å²) in [6.45, 7) is 4.50. The average molecular weight is 414 g/mol. The van der Waals surface area contributed by atoms with Gasteiger partial charge in [0.15, 0.2) is 0 Å². The SMILES string of the molecule is CNC(c1cccc(CC(C)C)c1)c1ccc(I)c(Cl)c1. The third-order valence-corrected chi connectivity index (χ3v) is 5.07. The van der Waals surface area contributed by atoms with Crippen molar-refractivity contribution in [2.75, 3.05) is 7.05 Å². The zero-order valence-electron chi connectivity index (χ0n) is 12.7. The van der Waals surface area contributed by atoms with Crippen molar-refractivity contribution in [3.05, 3.63) is 67.7 Å². The second-order valence-electron chi connectivity index (χ2n) is 5.74. The van der Waals surface area contributed by atoms with Gasteiger partial charge in [0.05, 0.1) is 11.1 Å². The standard InChI is InChI=1S/C18H21ClIN/c1-12(2)9-13-5-4-6-14(10-13)18(21-3)15-7-8-17(20)16(19)11-15/h4-8,10-12,18,21H,9H2,1-3H3. The van der Waals surface area contributed by atoms with Gasteiger partial charge in [0.25, 0.3) is 0 Å². The molecule has 0 bridgehead atoms. The van der Waals surface area contributed by atoms with Gasteiger partial charge in [0.1, 0.15) is 0 Å². The molecule has 21 heavy (non-hydrogen) atoms. The van der Waals surface area contributed by atoms with Crippen LogP contribution in [0, 0.1) is 9.49 Å². The molecule has 0 radical (unpaired) electrons. The summed E-state index contributed by atoms with van der Waals surface area (Å²) in [6, 6.07) is 15.3. The largest absolute Gasteiger partial charge is 0.309 e. The molecule has 0 aromatic heterocycles. The molecule has 0 saturated carbocycles. The predicted molar refractivity (Wildman–Crippen MR) is 100 cm³/mol. The molecule has 2 rings (SSSR count). The Balaban J connectivity index is 2.34. The van der Waals surface area contributed by atoms with Crippen LogP contribution in [0.4, 0.5) is 0 Å². The molecule has 1 N–H and O–H groups in total. The van der Waals surface area contributed by atoms with E-state index in [1.165, 1.54) is 16.7 Å². The summed E-state index contributed by atoms with van der Waals surface area (Å²) in [5.41, 5.74) is 3.87. The Kier molecular flexibility index (Phi) is 6.08. The molecule has 0 fully saturated rings. The molecule has 2 aromatic rings. The maximum atomic E-state index is 6.27. The van der Waals surface area contributed by atoms with E-state index in [0.717, 1.165) is 15.0 Å². The Morgan fingerprint density at radius 3 is 2.43 bits per heavy atom. The van der Waals surface area contributed by atoms with E-state index in [2.05, 4.69) is 84.2 Å². The van der Waals surface area contributed by atoms with Crippen LogP contribution in [-0.2, 0) is 6.42 Å². The lowest BCUT2D eigenvalue weighted by Crippen LogP contribution is -2.18. The Morgan fingerprint density at radius 1 is 1.10 bits per heavy atom. The number of benzene rings is 2. The van der Waals surface area contributed by atoms with Gasteiger partial charge in [-0.15, -0.1) is 0 Å². The molecule has 3 heteroatoms. The molecule has 1 unspecified atom stereocenters. The summed E-state index contributed by atoms with van der Waals surface area (Å²) in [5, 5.41) is 4.21. The van der Waals surface area contributed by atoms with Gasteiger partial charge in [-0.05, 0) is 70.8 Å². The van der Waals surface area contributed by atoms with E-state index < -0.39 is 0 Å². The van der Waals surface area contributed by atoms with E-state index in [-0.39, 0.29) is 6.04 Å². The molecule has 112 valence electrons. The lowest BCUT2D eigenvalue weighted by Gasteiger charge is -2.19. The highest BCUT2D eigenvalue weighted by Gasteiger charge is 2.13. The first kappa shape index (κ1) is 16.8. The molecule has 0 spiro atoms. The first-order chi connectivity index (χ1) is 10.0. The number of hydrogen-bond acceptors (Lipinski definition) is 1. The number of halogens is 2. The summed E-state index contributed by atoms with van der Waals surface area (Å²) < 4.78 is 1.08. The van der Waals surface area contributed by atoms with Crippen molar-refractivity contribution >= 4 is 34.2 Å². The van der Waals surface area contributed by atoms with Crippen LogP contribution in [0.1, 0.15) is 36.6 Å². The third-order valence-electron chi connectivity index (χ3n) is 3.49. The molecule has 1 atom stereocenters. The molecule has 1 nitrogen and oxygen atoms in total. The second-order valence-corrected chi connectivity index (χ2v) is 7.31. The van der Waals surface area contributed by atoms with E-state index in [4.69, 9.17) is 11.6 Å². The molecule has 0 amide bonds. The minimum Gasteiger partial charge on any atom is -0.309 e. The average Bonchev–Trinajstić information content (AvgIpc) is 2.43. The summed E-state index contributed by atoms with van der Waals surface area (Å²) in [5.74, 6) is 0.668. The Hall–Kier alpha value is -0.580. The van der Waals surface area contributed by atoms with E-state index >= 15 is 0 Å². The predicted octanol–water partition coefficient (Wildman–Crippen LogP) is 5.45. The van der Waals surface area contributed by atoms with Gasteiger partial charge in [-0.25, -0.2) is 0 Å². The van der Waals surface area contributed by atoms with Crippen molar-refractivity contribution in [2.24, 2.45) is 5.92 Å². The minimum atomic E-state index is 0.173. The van der Waals surface area contributed by atoms with Gasteiger partial charge in [0, 0.05) is 3.57 Å². The quantitative estimate of drug-likeness (QED) is 0.643. The fourth-order valence-electron chi connectivity index (χ4n) is 2.59. The number of hydrogen-bond donors (Lipinski definition) is 1. The fourth-order valence-corrected chi connectivity index (χ4v) is 3.11. The van der Waals surface area contributed by atoms with Gasteiger partial charge in [-0.1, -0.05) is 55.8 Å². The van der Waals surface area contributed by atoms with Crippen molar-refractivity contribution in [3.63, 3.8) is 0 Å². The van der Waals surface area contributed by atoms with E-state index in [0.29, 0.717) is 5.92 Å². The highest BCUT2D eigenvalue weighted by atomic mass is 127. The van der Waals surface area contributed by atoms with Gasteiger partial charge in [0.2, 0.25) is 0 Å². The summed E-state index contributed by atoms with van der Waals surface area (Å²) in [6.07, 6.45) is 1.11. The maximum absolute atomic E-state index is 6.27. The Morgan fingerprint density at radius 2 is 1.81 bits per heavy atom. The third kappa shape index (κ3) is 4.44. The van der Waals surface area contributed by atoms with Crippen LogP contribution in [-0.4, -0.2) is 7.05 Å². The topological polar surface area (TPSA) is 12.0 Å². The van der Waals surface area contributed by atoms with Crippen LogP contribution in [0.15, 0.2) is 42.5 Å². The van der Waals surface area contributed by atoms with Crippen LogP contribution in [0.25, 0.3) is 0 Å². The summed E-state index contributed by atoms with van der Waals surface area (Å²) in [4.78, 5) is 0. The molecule has 0 saturated heterocycles. The zero-order valence-corrected chi connectivity index (χ0v) is 15.6. The van der Waals surface area contributed by atoms with Crippen molar-refractivity contribution in [1.29, 1.82) is 0 Å². The fraction of sp³-hybridized carbons (Fsp3) is 0.333. The van der Waals surface area contributed by atoms with E-state index in [1.54, 1.807) is 0 Å². The summed E-state index contributed by atoms with van der Waals surface area (Å²) in [7, 11) is 1.99. The van der Waals surface area contributed by atoms with Crippen LogP contribution < -0.4 is 5.32 Å². The van der Waals surface area contributed by atoms with Crippen molar-refractivity contribution in [1.82, 2.24) is 5.32 Å². The first-order valence-corrected chi connectivity index (χ1v) is 8.68. The normalized spacial score (nSPS) is 12.7. The minimum absolute atomic E-state index is 0.173. The van der Waals surface area contributed by atoms with Crippen LogP contribution in [0.5, 0.6) is 0 Å². The number of rotatable bonds is 5. The molecule has 0 heterocycles. The molecule has 0 aliphatic heterocycles. The van der Waals surface area contributed by atoms with Crippen LogP contribution in [0.2, 0.25) is 5.02 Å². The van der Waals surface area contributed by atoms with Crippen molar-refractivity contribution in [3.8, 4) is 0 Å². The smallest absolute Gasteiger partial charge is 0.0574 e. The highest BCUT2D eigenvalue weighted by molar-refractivity contribution is 14.1. The molecule has 2 aromatic carbocycles. The second kappa shape index (κ2) is 7.61. The van der Waals surface area contributed by atoms with E-state index in [1.807, 2.05) is 7.05 Å². The highest BCUT2D eigenvalue weighted by Crippen LogP contribution is 2.27. The summed E-state index contributed by atoms with van der Waals surface area (Å²) >= 11 is 8.52. The lowest BCUT2D eigenvalue weighted by atomic mass is 9.95. The van der Waals surface area contributed by atoms with Gasteiger partial charge < -0.3 is 5.32 Å². The van der Waals surface area contributed by atoms with E-state index in [9.17, 15) is 0 Å². The monoisotopic (exact) mass is 413 g/mol. The Labute approximate surface area is 146 Å². The number of nitrogens with one attached hydrogen (secondary N) is 1. The van der Waals surface area contributed by atoms with Crippen molar-refractivity contribution in [2.45, 2.75) is 26.3 Å². The molecule has 0 aliphatic carbocycles. The molecular weight excluding hydrogens is 393 g/mol. The van der Waals surface area contributed by atoms with Crippen LogP contribution >= 0.6 is 34.2 Å². The van der Waals surface area contributed by atoms with Gasteiger partial charge in [-0.2, -0.15) is 0 Å². The molecular formula is C18H21ClIN. The van der Waals surface area contributed by atoms with Crippen LogP contribution in [0.3, 0.4) is 0 Å². The molecule has 0 aliphatic rings. The van der Waals surface area contributed by atoms with Gasteiger partial charge in [-0.3, -0.25) is 0 Å². The van der Waals surface area contributed by atoms with Gasteiger partial charge >= 0.3 is 0 Å².